The standard InChI is InChI=1S/C31H31N3O6/c1-17-18(2)27(37)31(4)24(21-12-9-13-23(40-5)25(21)35)20-14-15-32-28(38)33(19-10-7-6-8-11-19)29(39)34(32)22(20)16-30(31,3)26(17)36/h6-14,22,24,35H,15-16H2,1-5H3/t22-,24-,30+,31-/m1/s1. The summed E-state index contributed by atoms with van der Waals surface area (Å²) in [5, 5.41) is 11.3. The number of aromatic nitrogens is 3. The molecule has 3 aromatic rings. The van der Waals surface area contributed by atoms with Gasteiger partial charge in [-0.2, -0.15) is 0 Å². The number of ether oxygens (including phenoxy) is 1. The normalized spacial score (nSPS) is 27.6. The van der Waals surface area contributed by atoms with E-state index in [2.05, 4.69) is 0 Å². The fraction of sp³-hybridized carbons (Fsp3) is 0.355. The van der Waals surface area contributed by atoms with Crippen LogP contribution in [-0.4, -0.2) is 37.7 Å². The third kappa shape index (κ3) is 3.03. The molecule has 9 nitrogen and oxygen atoms in total. The molecule has 2 heterocycles. The quantitative estimate of drug-likeness (QED) is 0.507. The number of benzene rings is 2. The van der Waals surface area contributed by atoms with Crippen LogP contribution in [0, 0.1) is 10.8 Å². The van der Waals surface area contributed by atoms with Gasteiger partial charge in [-0.1, -0.05) is 50.3 Å². The molecule has 1 N–H and O–H groups in total. The number of hydrogen-bond acceptors (Lipinski definition) is 6. The fourth-order valence-electron chi connectivity index (χ4n) is 7.28. The van der Waals surface area contributed by atoms with Gasteiger partial charge in [-0.05, 0) is 55.2 Å². The van der Waals surface area contributed by atoms with E-state index < -0.39 is 34.2 Å². The maximum Gasteiger partial charge on any atom is 0.352 e. The number of Topliss-reactive ketones (excluding diaryl/α,β-unsaturated/α-hetero) is 2. The van der Waals surface area contributed by atoms with Crippen LogP contribution in [0.3, 0.4) is 0 Å². The van der Waals surface area contributed by atoms with Gasteiger partial charge in [0, 0.05) is 16.9 Å². The van der Waals surface area contributed by atoms with Gasteiger partial charge in [0.25, 0.3) is 0 Å². The van der Waals surface area contributed by atoms with Crippen molar-refractivity contribution in [3.63, 3.8) is 0 Å². The van der Waals surface area contributed by atoms with Crippen LogP contribution < -0.4 is 16.1 Å². The van der Waals surface area contributed by atoms with E-state index in [4.69, 9.17) is 4.74 Å². The molecule has 0 saturated heterocycles. The van der Waals surface area contributed by atoms with Gasteiger partial charge in [-0.15, -0.1) is 0 Å². The second-order valence-corrected chi connectivity index (χ2v) is 11.4. The van der Waals surface area contributed by atoms with Gasteiger partial charge in [0.2, 0.25) is 0 Å². The zero-order valence-electron chi connectivity index (χ0n) is 23.1. The number of ketones is 2. The maximum atomic E-state index is 14.2. The minimum absolute atomic E-state index is 0.101. The molecule has 206 valence electrons. The number of phenols is 1. The van der Waals surface area contributed by atoms with Crippen molar-refractivity contribution < 1.29 is 19.4 Å². The minimum atomic E-state index is -1.27. The molecule has 0 radical (unpaired) electrons. The summed E-state index contributed by atoms with van der Waals surface area (Å²) < 4.78 is 9.35. The van der Waals surface area contributed by atoms with Crippen LogP contribution in [0.1, 0.15) is 51.6 Å². The molecule has 0 amide bonds. The summed E-state index contributed by atoms with van der Waals surface area (Å²) in [6.07, 6.45) is 2.01. The number of aromatic hydroxyl groups is 1. The highest BCUT2D eigenvalue weighted by atomic mass is 16.5. The van der Waals surface area contributed by atoms with Crippen LogP contribution in [0.5, 0.6) is 11.5 Å². The number of carbonyl (C=O) groups excluding carboxylic acids is 2. The topological polar surface area (TPSA) is 113 Å². The van der Waals surface area contributed by atoms with Crippen molar-refractivity contribution in [1.82, 2.24) is 13.9 Å². The van der Waals surface area contributed by atoms with E-state index in [0.717, 1.165) is 4.57 Å². The van der Waals surface area contributed by atoms with E-state index >= 15 is 0 Å². The Kier molecular flexibility index (Phi) is 5.53. The average molecular weight is 542 g/mol. The number of fused-ring (bicyclic) bond motifs is 4. The highest BCUT2D eigenvalue weighted by molar-refractivity contribution is 6.17. The van der Waals surface area contributed by atoms with E-state index in [-0.39, 0.29) is 36.0 Å². The van der Waals surface area contributed by atoms with Gasteiger partial charge in [0.1, 0.15) is 0 Å². The van der Waals surface area contributed by atoms with Crippen molar-refractivity contribution >= 4 is 11.6 Å². The Bertz CT molecular complexity index is 1790. The lowest BCUT2D eigenvalue weighted by Crippen LogP contribution is -2.61. The second kappa shape index (κ2) is 8.55. The molecule has 0 spiro atoms. The van der Waals surface area contributed by atoms with Crippen LogP contribution in [0.25, 0.3) is 5.69 Å². The summed E-state index contributed by atoms with van der Waals surface area (Å²) >= 11 is 0. The Morgan fingerprint density at radius 1 is 0.900 bits per heavy atom. The summed E-state index contributed by atoms with van der Waals surface area (Å²) in [4.78, 5) is 55.8. The molecule has 1 fully saturated rings. The summed E-state index contributed by atoms with van der Waals surface area (Å²) in [5.41, 5.74) is -1.12. The highest BCUT2D eigenvalue weighted by Gasteiger charge is 2.67. The van der Waals surface area contributed by atoms with Crippen molar-refractivity contribution in [2.45, 2.75) is 52.6 Å². The number of nitrogens with zero attached hydrogens (tertiary/aromatic N) is 3. The molecule has 0 bridgehead atoms. The van der Waals surface area contributed by atoms with Crippen LogP contribution in [0.15, 0.2) is 80.9 Å². The van der Waals surface area contributed by atoms with Gasteiger partial charge in [0.05, 0.1) is 30.8 Å². The molecule has 9 heteroatoms. The monoisotopic (exact) mass is 541 g/mol. The number of rotatable bonds is 3. The molecule has 40 heavy (non-hydrogen) atoms. The van der Waals surface area contributed by atoms with Gasteiger partial charge in [-0.3, -0.25) is 9.59 Å². The number of phenolic OH excluding ortho intramolecular Hbond substituents is 1. The maximum absolute atomic E-state index is 14.2. The van der Waals surface area contributed by atoms with Gasteiger partial charge in [0.15, 0.2) is 23.1 Å². The molecule has 4 atom stereocenters. The average Bonchev–Trinajstić information content (AvgIpc) is 3.21. The Hall–Kier alpha value is -4.40. The Morgan fingerprint density at radius 2 is 1.57 bits per heavy atom. The molecule has 1 aliphatic heterocycles. The number of methoxy groups -OCH3 is 1. The summed E-state index contributed by atoms with van der Waals surface area (Å²) in [6.45, 7) is 7.01. The molecule has 2 aliphatic carbocycles. The van der Waals surface area contributed by atoms with Crippen molar-refractivity contribution in [2.24, 2.45) is 10.8 Å². The van der Waals surface area contributed by atoms with Crippen molar-refractivity contribution in [3.8, 4) is 17.2 Å². The number of carbonyl (C=O) groups is 2. The predicted molar refractivity (Wildman–Crippen MR) is 148 cm³/mol. The van der Waals surface area contributed by atoms with Crippen molar-refractivity contribution in [2.75, 3.05) is 7.11 Å². The lowest BCUT2D eigenvalue weighted by Gasteiger charge is -2.58. The molecular formula is C31H31N3O6. The Morgan fingerprint density at radius 3 is 2.25 bits per heavy atom. The zero-order valence-corrected chi connectivity index (χ0v) is 23.1. The largest absolute Gasteiger partial charge is 0.504 e. The molecule has 3 aliphatic rings. The van der Waals surface area contributed by atoms with E-state index in [9.17, 15) is 24.3 Å². The van der Waals surface area contributed by atoms with E-state index in [1.165, 1.54) is 16.5 Å². The fourth-order valence-corrected chi connectivity index (χ4v) is 7.28. The predicted octanol–water partition coefficient (Wildman–Crippen LogP) is 3.68. The highest BCUT2D eigenvalue weighted by Crippen LogP contribution is 2.67. The molecule has 0 unspecified atom stereocenters. The summed E-state index contributed by atoms with van der Waals surface area (Å²) in [5.74, 6) is -0.990. The first-order chi connectivity index (χ1) is 19.0. The lowest BCUT2D eigenvalue weighted by atomic mass is 9.43. The number of para-hydroxylation sites is 2. The summed E-state index contributed by atoms with van der Waals surface area (Å²) in [7, 11) is 1.45. The molecule has 1 aromatic heterocycles. The zero-order chi connectivity index (χ0) is 28.7. The Labute approximate surface area is 230 Å². The van der Waals surface area contributed by atoms with Crippen LogP contribution in [0.2, 0.25) is 0 Å². The van der Waals surface area contributed by atoms with E-state index in [0.29, 0.717) is 28.0 Å². The Balaban J connectivity index is 1.66. The molecule has 6 rings (SSSR count). The lowest BCUT2D eigenvalue weighted by molar-refractivity contribution is -0.151. The van der Waals surface area contributed by atoms with E-state index in [1.54, 1.807) is 76.2 Å². The molecule has 2 aromatic carbocycles. The van der Waals surface area contributed by atoms with Crippen molar-refractivity contribution in [1.29, 1.82) is 0 Å². The first kappa shape index (κ1) is 25.9. The third-order valence-corrected chi connectivity index (χ3v) is 9.69. The van der Waals surface area contributed by atoms with Gasteiger partial charge >= 0.3 is 11.4 Å². The van der Waals surface area contributed by atoms with E-state index in [1.807, 2.05) is 6.08 Å². The van der Waals surface area contributed by atoms with Gasteiger partial charge < -0.3 is 9.84 Å². The second-order valence-electron chi connectivity index (χ2n) is 11.4. The third-order valence-electron chi connectivity index (χ3n) is 9.69. The number of hydrogen-bond donors (Lipinski definition) is 1. The minimum Gasteiger partial charge on any atom is -0.504 e. The first-order valence-corrected chi connectivity index (χ1v) is 13.3. The van der Waals surface area contributed by atoms with Crippen molar-refractivity contribution in [3.05, 3.63) is 97.9 Å². The molecule has 1 saturated carbocycles. The van der Waals surface area contributed by atoms with Crippen LogP contribution >= 0.6 is 0 Å². The smallest absolute Gasteiger partial charge is 0.352 e. The van der Waals surface area contributed by atoms with Crippen LogP contribution in [0.4, 0.5) is 0 Å². The van der Waals surface area contributed by atoms with Crippen LogP contribution in [-0.2, 0) is 16.1 Å². The molecular weight excluding hydrogens is 510 g/mol. The van der Waals surface area contributed by atoms with Gasteiger partial charge in [-0.25, -0.2) is 23.5 Å². The summed E-state index contributed by atoms with van der Waals surface area (Å²) in [6, 6.07) is 13.1. The SMILES string of the molecule is COc1cccc([C@H]2C3=CCn4c(=O)n(-c5ccccc5)c(=O)n4[C@@H]3C[C@@]3(C)C(=O)C(C)=C(C)C(=O)[C@@]23C)c1O. The number of allylic oxidation sites excluding steroid dienone is 4. The first-order valence-electron chi connectivity index (χ1n) is 13.3.